The van der Waals surface area contributed by atoms with Crippen LogP contribution in [-0.4, -0.2) is 50.7 Å². The van der Waals surface area contributed by atoms with Gasteiger partial charge in [0.2, 0.25) is 0 Å². The van der Waals surface area contributed by atoms with Crippen LogP contribution in [0.4, 0.5) is 0 Å². The van der Waals surface area contributed by atoms with Crippen molar-refractivity contribution in [2.24, 2.45) is 11.5 Å². The van der Waals surface area contributed by atoms with Crippen molar-refractivity contribution in [3.05, 3.63) is 20.8 Å². The first kappa shape index (κ1) is 21.2. The van der Waals surface area contributed by atoms with E-state index in [0.29, 0.717) is 13.1 Å². The molecule has 0 aromatic carbocycles. The summed E-state index contributed by atoms with van der Waals surface area (Å²) in [5.74, 6) is 0. The first-order valence-electron chi connectivity index (χ1n) is 4.97. The van der Waals surface area contributed by atoms with Crippen LogP contribution < -0.4 is 46.3 Å². The van der Waals surface area contributed by atoms with Crippen LogP contribution in [0.15, 0.2) is 0 Å². The molecule has 5 heteroatoms. The van der Waals surface area contributed by atoms with Gasteiger partial charge < -0.3 is 42.5 Å². The molecule has 0 aromatic heterocycles. The van der Waals surface area contributed by atoms with E-state index in [4.69, 9.17) is 11.5 Å². The van der Waals surface area contributed by atoms with Gasteiger partial charge in [-0.15, -0.1) is 19.6 Å². The maximum Gasteiger partial charge on any atom is 1.00 e. The summed E-state index contributed by atoms with van der Waals surface area (Å²) in [4.78, 5) is 2.08. The van der Waals surface area contributed by atoms with E-state index in [1.807, 2.05) is 0 Å². The fraction of sp³-hybridized carbons (Fsp3) is 0.700. The van der Waals surface area contributed by atoms with E-state index >= 15 is 0 Å². The summed E-state index contributed by atoms with van der Waals surface area (Å²) in [5, 5.41) is 2.96. The van der Waals surface area contributed by atoms with Crippen molar-refractivity contribution in [2.75, 3.05) is 45.8 Å². The molecule has 0 bridgehead atoms. The number of nitrogens with zero attached hydrogens (tertiary/aromatic N) is 1. The van der Waals surface area contributed by atoms with E-state index in [1.54, 1.807) is 0 Å². The molecule has 0 radical (unpaired) electrons. The zero-order valence-corrected chi connectivity index (χ0v) is 12.2. The van der Waals surface area contributed by atoms with Crippen molar-refractivity contribution in [1.82, 2.24) is 10.2 Å². The minimum absolute atomic E-state index is 0. The summed E-state index contributed by atoms with van der Waals surface area (Å²) in [5.41, 5.74) is 10.4. The van der Waals surface area contributed by atoms with Crippen molar-refractivity contribution in [1.29, 1.82) is 0 Å². The molecule has 0 aliphatic carbocycles. The van der Waals surface area contributed by atoms with Gasteiger partial charge in [-0.1, -0.05) is 0 Å². The van der Waals surface area contributed by atoms with E-state index in [0.717, 1.165) is 32.7 Å². The monoisotopic (exact) mass is 224 g/mol. The molecule has 0 saturated carbocycles. The molecule has 0 aliphatic rings. The van der Waals surface area contributed by atoms with Gasteiger partial charge in [0.1, 0.15) is 0 Å². The smallest absolute Gasteiger partial charge is 0.362 e. The van der Waals surface area contributed by atoms with E-state index in [1.165, 1.54) is 0 Å². The molecule has 4 nitrogen and oxygen atoms in total. The second kappa shape index (κ2) is 20.3. The third-order valence-corrected chi connectivity index (χ3v) is 1.58. The van der Waals surface area contributed by atoms with Crippen LogP contribution in [0.5, 0.6) is 0 Å². The second-order valence-electron chi connectivity index (χ2n) is 2.67. The SMILES string of the molecule is [CH2-]CN(C[CH2-])CCN.[CH2-]CNCCN.[Na+]. The molecule has 0 unspecified atom stereocenters. The quantitative estimate of drug-likeness (QED) is 0.236. The van der Waals surface area contributed by atoms with E-state index in [-0.39, 0.29) is 29.6 Å². The Balaban J connectivity index is -0.000000187. The molecule has 0 saturated heterocycles. The minimum atomic E-state index is 0. The van der Waals surface area contributed by atoms with Crippen molar-refractivity contribution < 1.29 is 29.6 Å². The van der Waals surface area contributed by atoms with Crippen LogP contribution in [0.2, 0.25) is 0 Å². The molecule has 88 valence electrons. The summed E-state index contributed by atoms with van der Waals surface area (Å²) in [6.45, 7) is 16.5. The van der Waals surface area contributed by atoms with Crippen molar-refractivity contribution in [3.63, 3.8) is 0 Å². The maximum atomic E-state index is 5.28. The molecule has 0 amide bonds. The van der Waals surface area contributed by atoms with Crippen LogP contribution in [0.1, 0.15) is 0 Å². The molecule has 0 aromatic rings. The molecular formula is C10H25N4Na-2. The Bertz CT molecular complexity index is 85.5. The maximum absolute atomic E-state index is 5.28. The molecule has 0 fully saturated rings. The van der Waals surface area contributed by atoms with Crippen molar-refractivity contribution in [3.8, 4) is 0 Å². The predicted molar refractivity (Wildman–Crippen MR) is 63.5 cm³/mol. The molecular weight excluding hydrogens is 199 g/mol. The predicted octanol–water partition coefficient (Wildman–Crippen LogP) is -3.71. The fourth-order valence-corrected chi connectivity index (χ4v) is 0.745. The fourth-order valence-electron chi connectivity index (χ4n) is 0.745. The summed E-state index contributed by atoms with van der Waals surface area (Å²) in [6.07, 6.45) is 0. The second-order valence-corrected chi connectivity index (χ2v) is 2.67. The van der Waals surface area contributed by atoms with Gasteiger partial charge in [-0.2, -0.15) is 0 Å². The van der Waals surface area contributed by atoms with Gasteiger partial charge >= 0.3 is 29.6 Å². The third-order valence-electron chi connectivity index (χ3n) is 1.58. The molecule has 0 spiro atoms. The molecule has 0 rings (SSSR count). The Morgan fingerprint density at radius 1 is 1.00 bits per heavy atom. The number of rotatable bonds is 7. The van der Waals surface area contributed by atoms with Crippen LogP contribution in [0, 0.1) is 20.8 Å². The zero-order valence-electron chi connectivity index (χ0n) is 10.2. The Kier molecular flexibility index (Phi) is 28.6. The van der Waals surface area contributed by atoms with Gasteiger partial charge in [-0.25, -0.2) is 0 Å². The van der Waals surface area contributed by atoms with Crippen LogP contribution >= 0.6 is 0 Å². The Labute approximate surface area is 117 Å². The largest absolute Gasteiger partial charge is 1.00 e. The first-order valence-corrected chi connectivity index (χ1v) is 4.97. The van der Waals surface area contributed by atoms with Gasteiger partial charge in [0.15, 0.2) is 0 Å². The van der Waals surface area contributed by atoms with E-state index in [9.17, 15) is 0 Å². The van der Waals surface area contributed by atoms with Crippen molar-refractivity contribution >= 4 is 0 Å². The molecule has 5 N–H and O–H groups in total. The Morgan fingerprint density at radius 2 is 1.53 bits per heavy atom. The van der Waals surface area contributed by atoms with Gasteiger partial charge in [0, 0.05) is 26.2 Å². The van der Waals surface area contributed by atoms with Crippen molar-refractivity contribution in [2.45, 2.75) is 0 Å². The number of nitrogens with one attached hydrogen (secondary N) is 1. The number of hydrogen-bond donors (Lipinski definition) is 3. The summed E-state index contributed by atoms with van der Waals surface area (Å²) in [7, 11) is 0. The van der Waals surface area contributed by atoms with Crippen LogP contribution in [0.3, 0.4) is 0 Å². The molecule has 15 heavy (non-hydrogen) atoms. The standard InChI is InChI=1S/C6H14N2.C4H11N2.Na/c1-3-8(4-2)6-5-7;1-2-6-4-3-5;/h1-7H2;6H,1-5H2;/q-2;-1;+1. The van der Waals surface area contributed by atoms with Gasteiger partial charge in [-0.05, 0) is 0 Å². The third kappa shape index (κ3) is 20.8. The summed E-state index contributed by atoms with van der Waals surface area (Å²) < 4.78 is 0. The molecule has 0 heterocycles. The number of nitrogens with two attached hydrogens (primary N) is 2. The summed E-state index contributed by atoms with van der Waals surface area (Å²) in [6, 6.07) is 0. The van der Waals surface area contributed by atoms with Gasteiger partial charge in [-0.3, -0.25) is 0 Å². The Morgan fingerprint density at radius 3 is 1.67 bits per heavy atom. The van der Waals surface area contributed by atoms with E-state index < -0.39 is 0 Å². The number of hydrogen-bond acceptors (Lipinski definition) is 4. The zero-order chi connectivity index (χ0) is 11.2. The average Bonchev–Trinajstić information content (AvgIpc) is 2.24. The van der Waals surface area contributed by atoms with E-state index in [2.05, 4.69) is 31.0 Å². The topological polar surface area (TPSA) is 67.3 Å². The normalized spacial score (nSPS) is 9.20. The minimum Gasteiger partial charge on any atom is -0.362 e. The van der Waals surface area contributed by atoms with Gasteiger partial charge in [0.05, 0.1) is 0 Å². The van der Waals surface area contributed by atoms with Crippen LogP contribution in [-0.2, 0) is 0 Å². The molecule has 0 aliphatic heterocycles. The summed E-state index contributed by atoms with van der Waals surface area (Å²) >= 11 is 0. The van der Waals surface area contributed by atoms with Gasteiger partial charge in [0.25, 0.3) is 0 Å². The Hall–Kier alpha value is 0.840. The first-order chi connectivity index (χ1) is 6.76. The molecule has 0 atom stereocenters. The van der Waals surface area contributed by atoms with Crippen LogP contribution in [0.25, 0.3) is 0 Å². The average molecular weight is 224 g/mol.